The molecule has 0 saturated carbocycles. The van der Waals surface area contributed by atoms with Crippen LogP contribution < -0.4 is 4.74 Å². The first-order valence-corrected chi connectivity index (χ1v) is 8.02. The molecule has 0 spiro atoms. The molecule has 4 heteroatoms. The molecule has 0 aromatic heterocycles. The summed E-state index contributed by atoms with van der Waals surface area (Å²) in [5.41, 5.74) is 2.05. The van der Waals surface area contributed by atoms with Crippen LogP contribution in [-0.2, 0) is 9.53 Å². The average molecular weight is 328 g/mol. The molecular formula is C20H24O4. The van der Waals surface area contributed by atoms with E-state index in [-0.39, 0.29) is 17.5 Å². The van der Waals surface area contributed by atoms with Crippen molar-refractivity contribution in [3.63, 3.8) is 0 Å². The van der Waals surface area contributed by atoms with E-state index in [1.165, 1.54) is 12.7 Å². The van der Waals surface area contributed by atoms with Gasteiger partial charge < -0.3 is 14.6 Å². The number of aromatic hydroxyl groups is 1. The van der Waals surface area contributed by atoms with E-state index in [2.05, 4.69) is 0 Å². The Labute approximate surface area is 143 Å². The van der Waals surface area contributed by atoms with Crippen LogP contribution in [0.1, 0.15) is 32.3 Å². The highest BCUT2D eigenvalue weighted by Gasteiger charge is 2.19. The monoisotopic (exact) mass is 328 g/mol. The molecule has 0 heterocycles. The highest BCUT2D eigenvalue weighted by molar-refractivity contribution is 5.91. The van der Waals surface area contributed by atoms with Gasteiger partial charge in [-0.2, -0.15) is 0 Å². The maximum absolute atomic E-state index is 11.9. The molecule has 4 nitrogen and oxygen atoms in total. The Balaban J connectivity index is 1.99. The second-order valence-corrected chi connectivity index (χ2v) is 6.13. The lowest BCUT2D eigenvalue weighted by molar-refractivity contribution is -0.115. The zero-order valence-electron chi connectivity index (χ0n) is 14.4. The lowest BCUT2D eigenvalue weighted by Crippen LogP contribution is -2.14. The number of allylic oxidation sites excluding steroid dienone is 4. The number of methoxy groups -OCH3 is 1. The van der Waals surface area contributed by atoms with E-state index in [0.29, 0.717) is 25.2 Å². The van der Waals surface area contributed by atoms with Gasteiger partial charge in [0.25, 0.3) is 0 Å². The highest BCUT2D eigenvalue weighted by Crippen LogP contribution is 2.28. The van der Waals surface area contributed by atoms with E-state index in [0.717, 1.165) is 11.3 Å². The summed E-state index contributed by atoms with van der Waals surface area (Å²) < 4.78 is 10.7. The lowest BCUT2D eigenvalue weighted by atomic mass is 9.91. The van der Waals surface area contributed by atoms with Gasteiger partial charge in [0.15, 0.2) is 17.3 Å². The van der Waals surface area contributed by atoms with Crippen molar-refractivity contribution < 1.29 is 19.4 Å². The van der Waals surface area contributed by atoms with Crippen molar-refractivity contribution in [2.24, 2.45) is 5.92 Å². The first-order chi connectivity index (χ1) is 11.5. The second-order valence-electron chi connectivity index (χ2n) is 6.13. The fourth-order valence-corrected chi connectivity index (χ4v) is 2.50. The van der Waals surface area contributed by atoms with Gasteiger partial charge in [-0.05, 0) is 43.5 Å². The Morgan fingerprint density at radius 2 is 2.12 bits per heavy atom. The van der Waals surface area contributed by atoms with E-state index < -0.39 is 0 Å². The zero-order chi connectivity index (χ0) is 17.5. The third-order valence-corrected chi connectivity index (χ3v) is 3.77. The van der Waals surface area contributed by atoms with Crippen LogP contribution in [0.3, 0.4) is 0 Å². The van der Waals surface area contributed by atoms with Crippen molar-refractivity contribution >= 4 is 11.9 Å². The van der Waals surface area contributed by atoms with Crippen molar-refractivity contribution in [3.8, 4) is 11.5 Å². The summed E-state index contributed by atoms with van der Waals surface area (Å²) in [7, 11) is 1.52. The number of hydrogen-bond donors (Lipinski definition) is 1. The minimum atomic E-state index is 0.0840. The molecule has 2 rings (SSSR count). The van der Waals surface area contributed by atoms with E-state index in [1.807, 2.05) is 38.1 Å². The number of hydrogen-bond acceptors (Lipinski definition) is 4. The molecular weight excluding hydrogens is 304 g/mol. The molecule has 24 heavy (non-hydrogen) atoms. The highest BCUT2D eigenvalue weighted by atomic mass is 16.5. The topological polar surface area (TPSA) is 55.8 Å². The molecule has 0 amide bonds. The molecule has 1 aliphatic carbocycles. The van der Waals surface area contributed by atoms with Crippen molar-refractivity contribution in [2.75, 3.05) is 13.7 Å². The van der Waals surface area contributed by atoms with Crippen LogP contribution in [0, 0.1) is 5.92 Å². The molecule has 1 aromatic carbocycles. The van der Waals surface area contributed by atoms with Gasteiger partial charge in [-0.1, -0.05) is 23.8 Å². The summed E-state index contributed by atoms with van der Waals surface area (Å²) in [5, 5.41) is 9.81. The number of ketones is 1. The summed E-state index contributed by atoms with van der Waals surface area (Å²) in [4.78, 5) is 11.9. The van der Waals surface area contributed by atoms with Crippen LogP contribution in [0.15, 0.2) is 47.8 Å². The van der Waals surface area contributed by atoms with Crippen molar-refractivity contribution in [2.45, 2.75) is 26.7 Å². The predicted octanol–water partition coefficient (Wildman–Crippen LogP) is 4.26. The van der Waals surface area contributed by atoms with Gasteiger partial charge in [0.2, 0.25) is 0 Å². The number of carbonyl (C=O) groups excluding carboxylic acids is 1. The standard InChI is InChI=1S/C20H24O4/c1-14(2)8-9-24-18-11-16(10-17(21)13-18)5-4-15-6-7-20(23-3)19(22)12-15/h4-8,12-13,16,22H,9-11H2,1-3H3. The van der Waals surface area contributed by atoms with Crippen molar-refractivity contribution in [1.82, 2.24) is 0 Å². The number of rotatable bonds is 6. The van der Waals surface area contributed by atoms with Gasteiger partial charge in [-0.15, -0.1) is 0 Å². The minimum Gasteiger partial charge on any atom is -0.504 e. The molecule has 1 aromatic rings. The van der Waals surface area contributed by atoms with E-state index in [1.54, 1.807) is 18.2 Å². The molecule has 1 N–H and O–H groups in total. The maximum atomic E-state index is 11.9. The largest absolute Gasteiger partial charge is 0.504 e. The molecule has 0 aliphatic heterocycles. The fraction of sp³-hybridized carbons (Fsp3) is 0.350. The van der Waals surface area contributed by atoms with Gasteiger partial charge in [0.1, 0.15) is 12.4 Å². The quantitative estimate of drug-likeness (QED) is 0.793. The molecule has 1 aliphatic rings. The number of phenolic OH excluding ortho intramolecular Hbond substituents is 1. The Morgan fingerprint density at radius 1 is 1.33 bits per heavy atom. The first kappa shape index (κ1) is 17.9. The van der Waals surface area contributed by atoms with Gasteiger partial charge in [0, 0.05) is 18.9 Å². The van der Waals surface area contributed by atoms with Crippen molar-refractivity contribution in [3.05, 3.63) is 53.3 Å². The number of phenols is 1. The first-order valence-electron chi connectivity index (χ1n) is 8.02. The van der Waals surface area contributed by atoms with Crippen molar-refractivity contribution in [1.29, 1.82) is 0 Å². The third kappa shape index (κ3) is 5.30. The van der Waals surface area contributed by atoms with Gasteiger partial charge >= 0.3 is 0 Å². The molecule has 0 fully saturated rings. The number of carbonyl (C=O) groups is 1. The van der Waals surface area contributed by atoms with Gasteiger partial charge in [0.05, 0.1) is 7.11 Å². The van der Waals surface area contributed by atoms with E-state index in [9.17, 15) is 9.90 Å². The van der Waals surface area contributed by atoms with Crippen LogP contribution in [0.4, 0.5) is 0 Å². The summed E-state index contributed by atoms with van der Waals surface area (Å²) in [6, 6.07) is 5.22. The fourth-order valence-electron chi connectivity index (χ4n) is 2.50. The summed E-state index contributed by atoms with van der Waals surface area (Å²) in [6.45, 7) is 4.52. The Hall–Kier alpha value is -2.49. The number of ether oxygens (including phenoxy) is 2. The summed E-state index contributed by atoms with van der Waals surface area (Å²) in [6.07, 6.45) is 8.69. The summed E-state index contributed by atoms with van der Waals surface area (Å²) >= 11 is 0. The Bertz CT molecular complexity index is 679. The van der Waals surface area contributed by atoms with Crippen LogP contribution >= 0.6 is 0 Å². The molecule has 1 unspecified atom stereocenters. The van der Waals surface area contributed by atoms with E-state index >= 15 is 0 Å². The Morgan fingerprint density at radius 3 is 2.79 bits per heavy atom. The van der Waals surface area contributed by atoms with Crippen LogP contribution in [0.25, 0.3) is 6.08 Å². The molecule has 0 bridgehead atoms. The Kier molecular flexibility index (Phi) is 6.24. The van der Waals surface area contributed by atoms with Gasteiger partial charge in [-0.3, -0.25) is 4.79 Å². The van der Waals surface area contributed by atoms with Crippen LogP contribution in [-0.4, -0.2) is 24.6 Å². The normalized spacial score (nSPS) is 17.5. The smallest absolute Gasteiger partial charge is 0.160 e. The molecule has 0 saturated heterocycles. The molecule has 1 atom stereocenters. The zero-order valence-corrected chi connectivity index (χ0v) is 14.4. The van der Waals surface area contributed by atoms with Crippen LogP contribution in [0.2, 0.25) is 0 Å². The maximum Gasteiger partial charge on any atom is 0.160 e. The van der Waals surface area contributed by atoms with Crippen LogP contribution in [0.5, 0.6) is 11.5 Å². The predicted molar refractivity (Wildman–Crippen MR) is 94.9 cm³/mol. The third-order valence-electron chi connectivity index (χ3n) is 3.77. The molecule has 0 radical (unpaired) electrons. The van der Waals surface area contributed by atoms with Gasteiger partial charge in [-0.25, -0.2) is 0 Å². The van der Waals surface area contributed by atoms with E-state index in [4.69, 9.17) is 9.47 Å². The number of benzene rings is 1. The molecule has 128 valence electrons. The second kappa shape index (κ2) is 8.39. The lowest BCUT2D eigenvalue weighted by Gasteiger charge is -2.19. The summed E-state index contributed by atoms with van der Waals surface area (Å²) in [5.74, 6) is 1.47. The minimum absolute atomic E-state index is 0.0840. The SMILES string of the molecule is COc1ccc(C=CC2CC(=O)C=C(OCC=C(C)C)C2)cc1O. The average Bonchev–Trinajstić information content (AvgIpc) is 2.52.